The van der Waals surface area contributed by atoms with E-state index in [1.54, 1.807) is 7.11 Å². The molecular formula is C26H34N2O5S. The van der Waals surface area contributed by atoms with Crippen LogP contribution in [0.1, 0.15) is 42.1 Å². The van der Waals surface area contributed by atoms with E-state index in [-0.39, 0.29) is 22.5 Å². The average Bonchev–Trinajstić information content (AvgIpc) is 2.86. The Morgan fingerprint density at radius 3 is 2.24 bits per heavy atom. The standard InChI is InChI=1S/C26H34N2O5S/c1-21(29)23-10-12-25(13-11-23)34(31,32)28-17-14-24(15-18-28)26(30)27(19-20-33-2)16-6-9-22-7-4-3-5-8-22/h3-5,7-8,10-13,24H,6,9,14-20H2,1-2H3. The molecule has 1 aliphatic rings. The maximum atomic E-state index is 13.2. The SMILES string of the molecule is COCCN(CCCc1ccccc1)C(=O)C1CCN(S(=O)(=O)c2ccc(C(C)=O)cc2)CC1. The summed E-state index contributed by atoms with van der Waals surface area (Å²) in [6, 6.07) is 16.2. The highest BCUT2D eigenvalue weighted by molar-refractivity contribution is 7.89. The van der Waals surface area contributed by atoms with Crippen molar-refractivity contribution in [3.63, 3.8) is 0 Å². The molecule has 1 amide bonds. The lowest BCUT2D eigenvalue weighted by molar-refractivity contribution is -0.137. The maximum Gasteiger partial charge on any atom is 0.243 e. The molecule has 1 aliphatic heterocycles. The first-order valence-corrected chi connectivity index (χ1v) is 13.2. The van der Waals surface area contributed by atoms with Crippen LogP contribution in [0, 0.1) is 5.92 Å². The number of ether oxygens (including phenoxy) is 1. The van der Waals surface area contributed by atoms with E-state index < -0.39 is 10.0 Å². The molecule has 0 spiro atoms. The molecule has 1 saturated heterocycles. The van der Waals surface area contributed by atoms with Crippen molar-refractivity contribution in [1.29, 1.82) is 0 Å². The summed E-state index contributed by atoms with van der Waals surface area (Å²) in [6.45, 7) is 3.71. The number of rotatable bonds is 11. The predicted octanol–water partition coefficient (Wildman–Crippen LogP) is 3.40. The fourth-order valence-electron chi connectivity index (χ4n) is 4.26. The van der Waals surface area contributed by atoms with Crippen LogP contribution in [0.25, 0.3) is 0 Å². The van der Waals surface area contributed by atoms with Crippen molar-refractivity contribution in [2.45, 2.75) is 37.5 Å². The van der Waals surface area contributed by atoms with Crippen LogP contribution < -0.4 is 0 Å². The largest absolute Gasteiger partial charge is 0.383 e. The van der Waals surface area contributed by atoms with E-state index in [1.165, 1.54) is 41.1 Å². The zero-order chi connectivity index (χ0) is 24.6. The van der Waals surface area contributed by atoms with Crippen LogP contribution in [0.5, 0.6) is 0 Å². The van der Waals surface area contributed by atoms with Gasteiger partial charge < -0.3 is 9.64 Å². The molecule has 2 aromatic carbocycles. The molecule has 0 N–H and O–H groups in total. The van der Waals surface area contributed by atoms with E-state index in [0.717, 1.165) is 12.8 Å². The predicted molar refractivity (Wildman–Crippen MR) is 131 cm³/mol. The number of hydrogen-bond donors (Lipinski definition) is 0. The third kappa shape index (κ3) is 6.74. The van der Waals surface area contributed by atoms with Crippen molar-refractivity contribution >= 4 is 21.7 Å². The Hall–Kier alpha value is -2.55. The summed E-state index contributed by atoms with van der Waals surface area (Å²) in [5, 5.41) is 0. The van der Waals surface area contributed by atoms with Crippen LogP contribution in [-0.4, -0.2) is 69.2 Å². The number of amides is 1. The Balaban J connectivity index is 1.57. The molecule has 8 heteroatoms. The molecule has 0 atom stereocenters. The summed E-state index contributed by atoms with van der Waals surface area (Å²) in [7, 11) is -2.03. The Morgan fingerprint density at radius 1 is 1.00 bits per heavy atom. The number of hydrogen-bond acceptors (Lipinski definition) is 5. The second kappa shape index (κ2) is 12.2. The van der Waals surface area contributed by atoms with Gasteiger partial charge in [-0.05, 0) is 50.3 Å². The van der Waals surface area contributed by atoms with Gasteiger partial charge in [-0.3, -0.25) is 9.59 Å². The lowest BCUT2D eigenvalue weighted by atomic mass is 9.96. The number of sulfonamides is 1. The second-order valence-electron chi connectivity index (χ2n) is 8.67. The smallest absolute Gasteiger partial charge is 0.243 e. The summed E-state index contributed by atoms with van der Waals surface area (Å²) in [6.07, 6.45) is 2.75. The number of carbonyl (C=O) groups excluding carboxylic acids is 2. The highest BCUT2D eigenvalue weighted by Crippen LogP contribution is 2.25. The summed E-state index contributed by atoms with van der Waals surface area (Å²) in [5.74, 6) is -0.224. The van der Waals surface area contributed by atoms with E-state index >= 15 is 0 Å². The van der Waals surface area contributed by atoms with Crippen LogP contribution in [0.3, 0.4) is 0 Å². The minimum Gasteiger partial charge on any atom is -0.383 e. The lowest BCUT2D eigenvalue weighted by Crippen LogP contribution is -2.45. The van der Waals surface area contributed by atoms with Crippen molar-refractivity contribution in [3.05, 3.63) is 65.7 Å². The van der Waals surface area contributed by atoms with Crippen molar-refractivity contribution in [2.24, 2.45) is 5.92 Å². The maximum absolute atomic E-state index is 13.2. The van der Waals surface area contributed by atoms with Crippen LogP contribution in [0.15, 0.2) is 59.5 Å². The van der Waals surface area contributed by atoms with Crippen LogP contribution in [0.2, 0.25) is 0 Å². The normalized spacial score (nSPS) is 15.2. The number of piperidine rings is 1. The first-order valence-electron chi connectivity index (χ1n) is 11.8. The highest BCUT2D eigenvalue weighted by atomic mass is 32.2. The molecule has 1 fully saturated rings. The van der Waals surface area contributed by atoms with Crippen molar-refractivity contribution in [1.82, 2.24) is 9.21 Å². The Morgan fingerprint density at radius 2 is 1.65 bits per heavy atom. The number of nitrogens with zero attached hydrogens (tertiary/aromatic N) is 2. The van der Waals surface area contributed by atoms with E-state index in [4.69, 9.17) is 4.74 Å². The molecular weight excluding hydrogens is 452 g/mol. The lowest BCUT2D eigenvalue weighted by Gasteiger charge is -2.33. The van der Waals surface area contributed by atoms with Gasteiger partial charge in [-0.2, -0.15) is 4.31 Å². The number of ketones is 1. The molecule has 0 radical (unpaired) electrons. The molecule has 0 bridgehead atoms. The van der Waals surface area contributed by atoms with Crippen LogP contribution in [-0.2, 0) is 26.0 Å². The average molecular weight is 487 g/mol. The van der Waals surface area contributed by atoms with E-state index in [9.17, 15) is 18.0 Å². The van der Waals surface area contributed by atoms with E-state index in [2.05, 4.69) is 12.1 Å². The second-order valence-corrected chi connectivity index (χ2v) is 10.6. The number of methoxy groups -OCH3 is 1. The van der Waals surface area contributed by atoms with Gasteiger partial charge in [0, 0.05) is 44.8 Å². The minimum absolute atomic E-state index is 0.0768. The number of benzene rings is 2. The fraction of sp³-hybridized carbons (Fsp3) is 0.462. The number of Topliss-reactive ketones (excluding diaryl/α,β-unsaturated/α-hetero) is 1. The third-order valence-electron chi connectivity index (χ3n) is 6.32. The molecule has 0 aliphatic carbocycles. The molecule has 7 nitrogen and oxygen atoms in total. The molecule has 1 heterocycles. The van der Waals surface area contributed by atoms with Gasteiger partial charge >= 0.3 is 0 Å². The Kier molecular flexibility index (Phi) is 9.38. The Labute approximate surface area is 202 Å². The monoisotopic (exact) mass is 486 g/mol. The fourth-order valence-corrected chi connectivity index (χ4v) is 5.73. The minimum atomic E-state index is -3.66. The van der Waals surface area contributed by atoms with Gasteiger partial charge in [0.2, 0.25) is 15.9 Å². The summed E-state index contributed by atoms with van der Waals surface area (Å²) in [5.41, 5.74) is 1.73. The first-order chi connectivity index (χ1) is 16.3. The third-order valence-corrected chi connectivity index (χ3v) is 8.23. The van der Waals surface area contributed by atoms with Gasteiger partial charge in [-0.15, -0.1) is 0 Å². The van der Waals surface area contributed by atoms with Crippen LogP contribution >= 0.6 is 0 Å². The zero-order valence-electron chi connectivity index (χ0n) is 20.0. The molecule has 0 unspecified atom stereocenters. The van der Waals surface area contributed by atoms with Gasteiger partial charge in [0.15, 0.2) is 5.78 Å². The van der Waals surface area contributed by atoms with Crippen molar-refractivity contribution in [2.75, 3.05) is 39.9 Å². The first kappa shape index (κ1) is 26.1. The zero-order valence-corrected chi connectivity index (χ0v) is 20.8. The molecule has 0 saturated carbocycles. The highest BCUT2D eigenvalue weighted by Gasteiger charge is 2.33. The van der Waals surface area contributed by atoms with Crippen LogP contribution in [0.4, 0.5) is 0 Å². The van der Waals surface area contributed by atoms with Crippen molar-refractivity contribution < 1.29 is 22.7 Å². The topological polar surface area (TPSA) is 84.0 Å². The molecule has 34 heavy (non-hydrogen) atoms. The summed E-state index contributed by atoms with van der Waals surface area (Å²) in [4.78, 5) is 26.7. The summed E-state index contributed by atoms with van der Waals surface area (Å²) < 4.78 is 32.7. The quantitative estimate of drug-likeness (QED) is 0.455. The number of aryl methyl sites for hydroxylation is 1. The van der Waals surface area contributed by atoms with E-state index in [0.29, 0.717) is 51.2 Å². The van der Waals surface area contributed by atoms with Gasteiger partial charge in [0.1, 0.15) is 0 Å². The van der Waals surface area contributed by atoms with Gasteiger partial charge in [0.25, 0.3) is 0 Å². The van der Waals surface area contributed by atoms with Gasteiger partial charge in [-0.1, -0.05) is 42.5 Å². The van der Waals surface area contributed by atoms with Gasteiger partial charge in [0.05, 0.1) is 11.5 Å². The molecule has 3 rings (SSSR count). The van der Waals surface area contributed by atoms with E-state index in [1.807, 2.05) is 23.1 Å². The molecule has 0 aromatic heterocycles. The Bertz CT molecular complexity index is 1050. The molecule has 184 valence electrons. The summed E-state index contributed by atoms with van der Waals surface area (Å²) >= 11 is 0. The van der Waals surface area contributed by atoms with Gasteiger partial charge in [-0.25, -0.2) is 8.42 Å². The number of carbonyl (C=O) groups is 2. The van der Waals surface area contributed by atoms with Crippen molar-refractivity contribution in [3.8, 4) is 0 Å². The molecule has 2 aromatic rings.